The molecule has 0 spiro atoms. The van der Waals surface area contributed by atoms with E-state index in [1.165, 1.54) is 21.3 Å². The Kier molecular flexibility index (Phi) is 12.7. The molecule has 0 fully saturated rings. The summed E-state index contributed by atoms with van der Waals surface area (Å²) < 4.78 is 20.1. The van der Waals surface area contributed by atoms with Gasteiger partial charge in [0.05, 0.1) is 0 Å². The molecule has 0 aromatic heterocycles. The maximum absolute atomic E-state index is 11.6. The van der Waals surface area contributed by atoms with Gasteiger partial charge in [0.1, 0.15) is 0 Å². The van der Waals surface area contributed by atoms with Gasteiger partial charge in [-0.15, -0.1) is 0 Å². The summed E-state index contributed by atoms with van der Waals surface area (Å²) in [6.45, 7) is 6.69. The number of aliphatic carboxylic acids is 1. The Morgan fingerprint density at radius 2 is 1.62 bits per heavy atom. The monoisotopic (exact) mass is 320 g/mol. The van der Waals surface area contributed by atoms with E-state index >= 15 is 0 Å². The molecular weight excluding hydrogens is 296 g/mol. The van der Waals surface area contributed by atoms with Gasteiger partial charge in [0.2, 0.25) is 0 Å². The van der Waals surface area contributed by atoms with Crippen LogP contribution in [0.5, 0.6) is 0 Å². The van der Waals surface area contributed by atoms with Gasteiger partial charge in [0.25, 0.3) is 0 Å². The topological polar surface area (TPSA) is 91.3 Å². The first-order chi connectivity index (χ1) is 9.82. The molecule has 0 amide bonds. The van der Waals surface area contributed by atoms with Crippen molar-refractivity contribution in [1.29, 1.82) is 0 Å². The number of rotatable bonds is 8. The normalized spacial score (nSPS) is 11.2. The van der Waals surface area contributed by atoms with Crippen LogP contribution in [0.4, 0.5) is 0 Å². The van der Waals surface area contributed by atoms with Crippen LogP contribution in [0.2, 0.25) is 0 Å². The van der Waals surface area contributed by atoms with E-state index in [2.05, 4.69) is 6.58 Å². The average molecular weight is 320 g/mol. The van der Waals surface area contributed by atoms with Crippen LogP contribution in [0.3, 0.4) is 0 Å². The van der Waals surface area contributed by atoms with Crippen molar-refractivity contribution in [3.05, 3.63) is 24.3 Å². The summed E-state index contributed by atoms with van der Waals surface area (Å²) in [5.74, 6) is -1.45. The minimum atomic E-state index is -3.27. The molecular formula is C13H24O7Si. The zero-order chi connectivity index (χ0) is 16.9. The summed E-state index contributed by atoms with van der Waals surface area (Å²) in [7, 11) is 0.887. The van der Waals surface area contributed by atoms with Crippen molar-refractivity contribution >= 4 is 21.0 Å². The van der Waals surface area contributed by atoms with E-state index in [0.717, 1.165) is 18.9 Å². The molecule has 0 aliphatic rings. The number of carbonyl (C=O) groups excluding carboxylic acids is 1. The van der Waals surface area contributed by atoms with Crippen molar-refractivity contribution in [3.8, 4) is 0 Å². The Balaban J connectivity index is 0. The van der Waals surface area contributed by atoms with Gasteiger partial charge in [-0.25, -0.2) is 9.59 Å². The third-order valence-corrected chi connectivity index (χ3v) is 4.14. The predicted octanol–water partition coefficient (Wildman–Crippen LogP) is 1.91. The second kappa shape index (κ2) is 12.3. The Hall–Kier alpha value is -1.48. The fourth-order valence-electron chi connectivity index (χ4n) is 1.01. The number of carboxylic acids is 1. The van der Waals surface area contributed by atoms with Crippen LogP contribution in [-0.4, -0.2) is 47.4 Å². The fourth-order valence-corrected chi connectivity index (χ4v) is 2.15. The van der Waals surface area contributed by atoms with Gasteiger partial charge >= 0.3 is 21.0 Å². The van der Waals surface area contributed by atoms with Crippen molar-refractivity contribution in [3.63, 3.8) is 0 Å². The minimum absolute atomic E-state index is 0.467. The SMILES string of the molecule is C=CC(=O)O.CCCC=C(C)C(=O)O[Si](OC)(OC)OC. The molecule has 0 aliphatic heterocycles. The van der Waals surface area contributed by atoms with Crippen molar-refractivity contribution in [1.82, 2.24) is 0 Å². The van der Waals surface area contributed by atoms with E-state index in [0.29, 0.717) is 5.57 Å². The first-order valence-corrected chi connectivity index (χ1v) is 7.86. The summed E-state index contributed by atoms with van der Waals surface area (Å²) in [5, 5.41) is 7.60. The molecule has 0 aromatic carbocycles. The molecule has 1 N–H and O–H groups in total. The summed E-state index contributed by atoms with van der Waals surface area (Å²) in [6, 6.07) is 0. The largest absolute Gasteiger partial charge is 0.751 e. The van der Waals surface area contributed by atoms with E-state index < -0.39 is 21.0 Å². The maximum atomic E-state index is 11.6. The number of allylic oxidation sites excluding steroid dienone is 1. The van der Waals surface area contributed by atoms with Crippen molar-refractivity contribution in [2.45, 2.75) is 26.7 Å². The zero-order valence-corrected chi connectivity index (χ0v) is 14.2. The highest BCUT2D eigenvalue weighted by atomic mass is 28.4. The fraction of sp³-hybridized carbons (Fsp3) is 0.538. The van der Waals surface area contributed by atoms with Crippen LogP contribution in [-0.2, 0) is 27.3 Å². The van der Waals surface area contributed by atoms with Crippen molar-refractivity contribution < 1.29 is 32.4 Å². The lowest BCUT2D eigenvalue weighted by molar-refractivity contribution is -0.138. The molecule has 122 valence electrons. The first-order valence-electron chi connectivity index (χ1n) is 6.23. The summed E-state index contributed by atoms with van der Waals surface area (Å²) in [4.78, 5) is 20.9. The summed E-state index contributed by atoms with van der Waals surface area (Å²) in [5.41, 5.74) is 0.532. The first kappa shape index (κ1) is 21.8. The number of hydrogen-bond acceptors (Lipinski definition) is 6. The Morgan fingerprint density at radius 1 is 1.19 bits per heavy atom. The van der Waals surface area contributed by atoms with Crippen LogP contribution in [0.1, 0.15) is 26.7 Å². The maximum Gasteiger partial charge on any atom is 0.751 e. The molecule has 0 bridgehead atoms. The second-order valence-electron chi connectivity index (χ2n) is 3.72. The van der Waals surface area contributed by atoms with Gasteiger partial charge in [-0.2, -0.15) is 0 Å². The summed E-state index contributed by atoms with van der Waals surface area (Å²) >= 11 is 0. The van der Waals surface area contributed by atoms with E-state index in [4.69, 9.17) is 22.8 Å². The average Bonchev–Trinajstić information content (AvgIpc) is 2.50. The smallest absolute Gasteiger partial charge is 0.478 e. The van der Waals surface area contributed by atoms with Crippen LogP contribution >= 0.6 is 0 Å². The Bertz CT molecular complexity index is 353. The molecule has 0 saturated carbocycles. The van der Waals surface area contributed by atoms with Crippen molar-refractivity contribution in [2.24, 2.45) is 0 Å². The van der Waals surface area contributed by atoms with Crippen LogP contribution in [0, 0.1) is 0 Å². The molecule has 0 aromatic rings. The molecule has 0 heterocycles. The molecule has 0 radical (unpaired) electrons. The second-order valence-corrected chi connectivity index (χ2v) is 6.15. The molecule has 0 atom stereocenters. The van der Waals surface area contributed by atoms with E-state index in [1.807, 2.05) is 13.0 Å². The lowest BCUT2D eigenvalue weighted by Crippen LogP contribution is -2.48. The molecule has 7 nitrogen and oxygen atoms in total. The molecule has 21 heavy (non-hydrogen) atoms. The lowest BCUT2D eigenvalue weighted by atomic mass is 10.2. The van der Waals surface area contributed by atoms with Gasteiger partial charge in [-0.05, 0) is 13.3 Å². The quantitative estimate of drug-likeness (QED) is 0.539. The number of unbranched alkanes of at least 4 members (excludes halogenated alkanes) is 1. The summed E-state index contributed by atoms with van der Waals surface area (Å²) in [6.07, 6.45) is 4.47. The molecule has 8 heteroatoms. The number of carbonyl (C=O) groups is 2. The van der Waals surface area contributed by atoms with Gasteiger partial charge in [0, 0.05) is 33.0 Å². The highest BCUT2D eigenvalue weighted by Crippen LogP contribution is 2.11. The van der Waals surface area contributed by atoms with Gasteiger partial charge < -0.3 is 22.8 Å². The van der Waals surface area contributed by atoms with Gasteiger partial charge in [-0.3, -0.25) is 0 Å². The number of hydrogen-bond donors (Lipinski definition) is 1. The van der Waals surface area contributed by atoms with Gasteiger partial charge in [-0.1, -0.05) is 26.0 Å². The van der Waals surface area contributed by atoms with Gasteiger partial charge in [0.15, 0.2) is 0 Å². The Morgan fingerprint density at radius 3 is 1.90 bits per heavy atom. The lowest BCUT2D eigenvalue weighted by Gasteiger charge is -2.22. The molecule has 0 rings (SSSR count). The highest BCUT2D eigenvalue weighted by molar-refractivity contribution is 6.55. The Labute approximate surface area is 126 Å². The van der Waals surface area contributed by atoms with Crippen molar-refractivity contribution in [2.75, 3.05) is 21.3 Å². The molecule has 0 aliphatic carbocycles. The van der Waals surface area contributed by atoms with E-state index in [1.54, 1.807) is 6.92 Å². The molecule has 0 saturated heterocycles. The van der Waals surface area contributed by atoms with Crippen LogP contribution in [0.25, 0.3) is 0 Å². The number of carboxylic acid groups (broad SMARTS) is 1. The molecule has 0 unspecified atom stereocenters. The van der Waals surface area contributed by atoms with E-state index in [9.17, 15) is 9.59 Å². The third kappa shape index (κ3) is 9.96. The third-order valence-electron chi connectivity index (χ3n) is 2.20. The zero-order valence-electron chi connectivity index (χ0n) is 13.2. The van der Waals surface area contributed by atoms with E-state index in [-0.39, 0.29) is 0 Å². The standard InChI is InChI=1S/C10H20O5Si.C3H4O2/c1-6-7-8-9(2)10(11)15-16(12-3,13-4)14-5;1-2-3(4)5/h8H,6-7H2,1-5H3;2H,1H2,(H,4,5). The minimum Gasteiger partial charge on any atom is -0.478 e. The van der Waals surface area contributed by atoms with Crippen LogP contribution < -0.4 is 0 Å². The predicted molar refractivity (Wildman–Crippen MR) is 79.4 cm³/mol. The highest BCUT2D eigenvalue weighted by Gasteiger charge is 2.47. The van der Waals surface area contributed by atoms with Crippen LogP contribution in [0.15, 0.2) is 24.3 Å².